The highest BCUT2D eigenvalue weighted by molar-refractivity contribution is 5.81. The first-order chi connectivity index (χ1) is 9.61. The van der Waals surface area contributed by atoms with Crippen LogP contribution in [0.5, 0.6) is 0 Å². The summed E-state index contributed by atoms with van der Waals surface area (Å²) in [5.74, 6) is 0.735. The molecule has 3 rings (SSSR count). The molecule has 0 aromatic heterocycles. The van der Waals surface area contributed by atoms with Gasteiger partial charge < -0.3 is 20.3 Å². The van der Waals surface area contributed by atoms with Gasteiger partial charge in [-0.15, -0.1) is 0 Å². The molecule has 0 aromatic rings. The number of ether oxygens (including phenoxy) is 1. The minimum atomic E-state index is 0.168. The summed E-state index contributed by atoms with van der Waals surface area (Å²) in [5, 5.41) is 0. The van der Waals surface area contributed by atoms with Gasteiger partial charge in [0.2, 0.25) is 0 Å². The standard InChI is InChI=1S/C15H28N4O/c1-12(2)18-7-5-15(6-8-18)11-17-14(16)19(15)10-13-4-3-9-20-13/h12-13H,3-11H2,1-2H3,(H2,16,17). The first kappa shape index (κ1) is 14.1. The Morgan fingerprint density at radius 1 is 1.40 bits per heavy atom. The van der Waals surface area contributed by atoms with E-state index in [4.69, 9.17) is 10.5 Å². The zero-order valence-electron chi connectivity index (χ0n) is 12.8. The molecule has 114 valence electrons. The Balaban J connectivity index is 1.66. The van der Waals surface area contributed by atoms with Crippen molar-refractivity contribution >= 4 is 5.96 Å². The van der Waals surface area contributed by atoms with Gasteiger partial charge in [0.15, 0.2) is 5.96 Å². The van der Waals surface area contributed by atoms with Gasteiger partial charge in [-0.3, -0.25) is 4.99 Å². The van der Waals surface area contributed by atoms with Crippen LogP contribution in [-0.2, 0) is 4.74 Å². The molecule has 2 saturated heterocycles. The van der Waals surface area contributed by atoms with E-state index in [9.17, 15) is 0 Å². The first-order valence-corrected chi connectivity index (χ1v) is 8.04. The molecule has 3 aliphatic rings. The Morgan fingerprint density at radius 2 is 2.15 bits per heavy atom. The summed E-state index contributed by atoms with van der Waals surface area (Å²) < 4.78 is 5.79. The maximum Gasteiger partial charge on any atom is 0.191 e. The first-order valence-electron chi connectivity index (χ1n) is 8.04. The lowest BCUT2D eigenvalue weighted by atomic mass is 9.86. The third-order valence-corrected chi connectivity index (χ3v) is 5.25. The fourth-order valence-corrected chi connectivity index (χ4v) is 3.81. The summed E-state index contributed by atoms with van der Waals surface area (Å²) >= 11 is 0. The molecule has 0 radical (unpaired) electrons. The van der Waals surface area contributed by atoms with Crippen molar-refractivity contribution in [2.75, 3.05) is 32.8 Å². The highest BCUT2D eigenvalue weighted by atomic mass is 16.5. The van der Waals surface area contributed by atoms with Crippen LogP contribution in [0.4, 0.5) is 0 Å². The molecule has 0 saturated carbocycles. The monoisotopic (exact) mass is 280 g/mol. The third kappa shape index (κ3) is 2.53. The highest BCUT2D eigenvalue weighted by Gasteiger charge is 2.45. The minimum absolute atomic E-state index is 0.168. The van der Waals surface area contributed by atoms with E-state index in [2.05, 4.69) is 28.6 Å². The largest absolute Gasteiger partial charge is 0.376 e. The molecule has 0 aliphatic carbocycles. The number of nitrogens with two attached hydrogens (primary N) is 1. The number of likely N-dealkylation sites (tertiary alicyclic amines) is 1. The van der Waals surface area contributed by atoms with Crippen LogP contribution in [0, 0.1) is 0 Å². The number of nitrogens with zero attached hydrogens (tertiary/aromatic N) is 3. The predicted molar refractivity (Wildman–Crippen MR) is 80.8 cm³/mol. The van der Waals surface area contributed by atoms with Crippen molar-refractivity contribution in [1.82, 2.24) is 9.80 Å². The van der Waals surface area contributed by atoms with E-state index >= 15 is 0 Å². The lowest BCUT2D eigenvalue weighted by molar-refractivity contribution is 0.0308. The maximum atomic E-state index is 6.16. The van der Waals surface area contributed by atoms with Gasteiger partial charge in [-0.2, -0.15) is 0 Å². The molecule has 5 heteroatoms. The van der Waals surface area contributed by atoms with Crippen molar-refractivity contribution < 1.29 is 4.74 Å². The second kappa shape index (κ2) is 5.53. The minimum Gasteiger partial charge on any atom is -0.376 e. The predicted octanol–water partition coefficient (Wildman–Crippen LogP) is 1.04. The van der Waals surface area contributed by atoms with E-state index in [1.807, 2.05) is 0 Å². The van der Waals surface area contributed by atoms with Gasteiger partial charge in [0, 0.05) is 32.3 Å². The fraction of sp³-hybridized carbons (Fsp3) is 0.933. The lowest BCUT2D eigenvalue weighted by Gasteiger charge is -2.46. The molecule has 0 amide bonds. The molecule has 3 aliphatic heterocycles. The summed E-state index contributed by atoms with van der Waals surface area (Å²) in [4.78, 5) is 9.47. The van der Waals surface area contributed by atoms with Gasteiger partial charge >= 0.3 is 0 Å². The summed E-state index contributed by atoms with van der Waals surface area (Å²) in [6, 6.07) is 0.638. The number of hydrogen-bond acceptors (Lipinski definition) is 5. The van der Waals surface area contributed by atoms with Gasteiger partial charge in [-0.1, -0.05) is 0 Å². The molecule has 20 heavy (non-hydrogen) atoms. The van der Waals surface area contributed by atoms with E-state index in [0.29, 0.717) is 12.1 Å². The molecule has 1 spiro atoms. The number of aliphatic imine (C=N–C) groups is 1. The molecule has 0 aromatic carbocycles. The Kier molecular flexibility index (Phi) is 3.91. The zero-order chi connectivity index (χ0) is 14.2. The van der Waals surface area contributed by atoms with Crippen molar-refractivity contribution in [2.24, 2.45) is 10.7 Å². The quantitative estimate of drug-likeness (QED) is 0.839. The normalized spacial score (nSPS) is 30.4. The Labute approximate surface area is 122 Å². The SMILES string of the molecule is CC(C)N1CCC2(CC1)CN=C(N)N2CC1CCCO1. The van der Waals surface area contributed by atoms with Crippen molar-refractivity contribution in [3.8, 4) is 0 Å². The number of guanidine groups is 1. The Bertz CT molecular complexity index is 368. The van der Waals surface area contributed by atoms with Crippen LogP contribution in [0.15, 0.2) is 4.99 Å². The van der Waals surface area contributed by atoms with E-state index in [-0.39, 0.29) is 5.54 Å². The van der Waals surface area contributed by atoms with Crippen LogP contribution >= 0.6 is 0 Å². The summed E-state index contributed by atoms with van der Waals surface area (Å²) in [7, 11) is 0. The Morgan fingerprint density at radius 3 is 2.75 bits per heavy atom. The van der Waals surface area contributed by atoms with E-state index < -0.39 is 0 Å². The number of hydrogen-bond donors (Lipinski definition) is 1. The lowest BCUT2D eigenvalue weighted by Crippen LogP contribution is -2.59. The second-order valence-electron chi connectivity index (χ2n) is 6.77. The summed E-state index contributed by atoms with van der Waals surface area (Å²) in [6.07, 6.45) is 5.04. The molecule has 3 heterocycles. The molecule has 1 unspecified atom stereocenters. The topological polar surface area (TPSA) is 54.1 Å². The van der Waals surface area contributed by atoms with Crippen molar-refractivity contribution in [3.05, 3.63) is 0 Å². The molecular weight excluding hydrogens is 252 g/mol. The van der Waals surface area contributed by atoms with Gasteiger partial charge in [-0.25, -0.2) is 0 Å². The zero-order valence-corrected chi connectivity index (χ0v) is 12.8. The van der Waals surface area contributed by atoms with Crippen molar-refractivity contribution in [3.63, 3.8) is 0 Å². The second-order valence-corrected chi connectivity index (χ2v) is 6.77. The average molecular weight is 280 g/mol. The van der Waals surface area contributed by atoms with Crippen molar-refractivity contribution in [2.45, 2.75) is 57.2 Å². The molecule has 1 atom stereocenters. The molecule has 2 N–H and O–H groups in total. The van der Waals surface area contributed by atoms with Crippen LogP contribution in [0.1, 0.15) is 39.5 Å². The van der Waals surface area contributed by atoms with Crippen LogP contribution in [0.3, 0.4) is 0 Å². The van der Waals surface area contributed by atoms with Gasteiger partial charge in [0.05, 0.1) is 18.2 Å². The van der Waals surface area contributed by atoms with Crippen LogP contribution in [0.2, 0.25) is 0 Å². The van der Waals surface area contributed by atoms with E-state index in [0.717, 1.165) is 45.2 Å². The summed E-state index contributed by atoms with van der Waals surface area (Å²) in [5.41, 5.74) is 6.33. The summed E-state index contributed by atoms with van der Waals surface area (Å²) in [6.45, 7) is 9.58. The van der Waals surface area contributed by atoms with Crippen LogP contribution in [-0.4, -0.2) is 66.2 Å². The van der Waals surface area contributed by atoms with Crippen LogP contribution in [0.25, 0.3) is 0 Å². The maximum absolute atomic E-state index is 6.16. The average Bonchev–Trinajstić information content (AvgIpc) is 3.04. The smallest absolute Gasteiger partial charge is 0.191 e. The van der Waals surface area contributed by atoms with E-state index in [1.54, 1.807) is 0 Å². The van der Waals surface area contributed by atoms with E-state index in [1.165, 1.54) is 19.3 Å². The molecule has 5 nitrogen and oxygen atoms in total. The fourth-order valence-electron chi connectivity index (χ4n) is 3.81. The Hall–Kier alpha value is -0.810. The molecular formula is C15H28N4O. The van der Waals surface area contributed by atoms with Gasteiger partial charge in [0.1, 0.15) is 0 Å². The number of piperidine rings is 1. The molecule has 2 fully saturated rings. The van der Waals surface area contributed by atoms with Crippen LogP contribution < -0.4 is 5.73 Å². The molecule has 0 bridgehead atoms. The van der Waals surface area contributed by atoms with Gasteiger partial charge in [-0.05, 0) is 39.5 Å². The third-order valence-electron chi connectivity index (χ3n) is 5.25. The van der Waals surface area contributed by atoms with Gasteiger partial charge in [0.25, 0.3) is 0 Å². The van der Waals surface area contributed by atoms with Crippen molar-refractivity contribution in [1.29, 1.82) is 0 Å². The number of rotatable bonds is 3. The highest BCUT2D eigenvalue weighted by Crippen LogP contribution is 2.34.